The SMILES string of the molecule is COCC(O)CN(C)CC(C)(O)c1ccccc1. The zero-order valence-electron chi connectivity index (χ0n) is 11.3. The number of hydrogen-bond acceptors (Lipinski definition) is 4. The minimum atomic E-state index is -0.928. The number of hydrogen-bond donors (Lipinski definition) is 2. The van der Waals surface area contributed by atoms with Gasteiger partial charge in [0, 0.05) is 20.2 Å². The molecule has 1 rings (SSSR count). The van der Waals surface area contributed by atoms with Gasteiger partial charge in [-0.2, -0.15) is 0 Å². The van der Waals surface area contributed by atoms with Gasteiger partial charge >= 0.3 is 0 Å². The summed E-state index contributed by atoms with van der Waals surface area (Å²) >= 11 is 0. The summed E-state index contributed by atoms with van der Waals surface area (Å²) in [6.45, 7) is 3.01. The Morgan fingerprint density at radius 1 is 1.33 bits per heavy atom. The fourth-order valence-electron chi connectivity index (χ4n) is 2.08. The van der Waals surface area contributed by atoms with Crippen LogP contribution in [-0.2, 0) is 10.3 Å². The quantitative estimate of drug-likeness (QED) is 0.756. The van der Waals surface area contributed by atoms with Gasteiger partial charge in [-0.15, -0.1) is 0 Å². The topological polar surface area (TPSA) is 52.9 Å². The molecule has 4 heteroatoms. The fourth-order valence-corrected chi connectivity index (χ4v) is 2.08. The molecule has 0 fully saturated rings. The van der Waals surface area contributed by atoms with E-state index in [9.17, 15) is 10.2 Å². The molecular formula is C14H23NO3. The van der Waals surface area contributed by atoms with Crippen molar-refractivity contribution < 1.29 is 14.9 Å². The number of methoxy groups -OCH3 is 1. The van der Waals surface area contributed by atoms with Crippen LogP contribution >= 0.6 is 0 Å². The molecule has 0 heterocycles. The Bertz CT molecular complexity index is 340. The van der Waals surface area contributed by atoms with Gasteiger partial charge in [0.2, 0.25) is 0 Å². The van der Waals surface area contributed by atoms with E-state index in [1.807, 2.05) is 42.3 Å². The normalized spacial score (nSPS) is 16.6. The highest BCUT2D eigenvalue weighted by molar-refractivity contribution is 5.21. The zero-order chi connectivity index (χ0) is 13.6. The van der Waals surface area contributed by atoms with E-state index >= 15 is 0 Å². The van der Waals surface area contributed by atoms with Crippen LogP contribution in [0.15, 0.2) is 30.3 Å². The van der Waals surface area contributed by atoms with Crippen LogP contribution in [-0.4, -0.2) is 55.1 Å². The first-order chi connectivity index (χ1) is 8.45. The van der Waals surface area contributed by atoms with Gasteiger partial charge in [-0.25, -0.2) is 0 Å². The minimum Gasteiger partial charge on any atom is -0.389 e. The molecule has 2 N–H and O–H groups in total. The molecule has 0 spiro atoms. The van der Waals surface area contributed by atoms with Gasteiger partial charge in [-0.3, -0.25) is 0 Å². The Balaban J connectivity index is 2.55. The molecule has 0 bridgehead atoms. The maximum absolute atomic E-state index is 10.4. The molecule has 1 aromatic rings. The number of likely N-dealkylation sites (N-methyl/N-ethyl adjacent to an activating group) is 1. The van der Waals surface area contributed by atoms with Crippen LogP contribution in [0.5, 0.6) is 0 Å². The van der Waals surface area contributed by atoms with E-state index in [1.54, 1.807) is 14.0 Å². The molecule has 0 saturated carbocycles. The average molecular weight is 253 g/mol. The van der Waals surface area contributed by atoms with Crippen molar-refractivity contribution in [2.75, 3.05) is 33.9 Å². The molecule has 102 valence electrons. The number of benzene rings is 1. The van der Waals surface area contributed by atoms with Crippen LogP contribution in [0.3, 0.4) is 0 Å². The first-order valence-corrected chi connectivity index (χ1v) is 6.09. The first-order valence-electron chi connectivity index (χ1n) is 6.09. The second kappa shape index (κ2) is 6.85. The van der Waals surface area contributed by atoms with Crippen LogP contribution < -0.4 is 0 Å². The van der Waals surface area contributed by atoms with Crippen LogP contribution in [0.2, 0.25) is 0 Å². The van der Waals surface area contributed by atoms with Crippen LogP contribution in [0.25, 0.3) is 0 Å². The van der Waals surface area contributed by atoms with E-state index in [1.165, 1.54) is 0 Å². The lowest BCUT2D eigenvalue weighted by molar-refractivity contribution is -0.00309. The van der Waals surface area contributed by atoms with Crippen molar-refractivity contribution >= 4 is 0 Å². The third-order valence-electron chi connectivity index (χ3n) is 2.85. The molecule has 18 heavy (non-hydrogen) atoms. The molecule has 0 aliphatic heterocycles. The van der Waals surface area contributed by atoms with Crippen molar-refractivity contribution in [3.8, 4) is 0 Å². The Kier molecular flexibility index (Phi) is 5.75. The summed E-state index contributed by atoms with van der Waals surface area (Å²) < 4.78 is 4.88. The number of aliphatic hydroxyl groups is 2. The second-order valence-electron chi connectivity index (χ2n) is 4.95. The molecule has 0 amide bonds. The second-order valence-corrected chi connectivity index (χ2v) is 4.95. The summed E-state index contributed by atoms with van der Waals surface area (Å²) in [7, 11) is 3.43. The number of ether oxygens (including phenoxy) is 1. The Morgan fingerprint density at radius 2 is 1.94 bits per heavy atom. The van der Waals surface area contributed by atoms with E-state index in [4.69, 9.17) is 4.74 Å². The molecule has 0 aliphatic rings. The van der Waals surface area contributed by atoms with Gasteiger partial charge in [0.1, 0.15) is 0 Å². The van der Waals surface area contributed by atoms with Crippen LogP contribution in [0.4, 0.5) is 0 Å². The van der Waals surface area contributed by atoms with E-state index in [0.717, 1.165) is 5.56 Å². The molecule has 0 saturated heterocycles. The smallest absolute Gasteiger partial charge is 0.0994 e. The number of nitrogens with zero attached hydrogens (tertiary/aromatic N) is 1. The van der Waals surface area contributed by atoms with Gasteiger partial charge in [0.05, 0.1) is 18.3 Å². The van der Waals surface area contributed by atoms with E-state index < -0.39 is 11.7 Å². The predicted molar refractivity (Wildman–Crippen MR) is 71.4 cm³/mol. The Labute approximate surface area is 109 Å². The van der Waals surface area contributed by atoms with Crippen molar-refractivity contribution in [1.82, 2.24) is 4.90 Å². The van der Waals surface area contributed by atoms with Crippen LogP contribution in [0.1, 0.15) is 12.5 Å². The van der Waals surface area contributed by atoms with Crippen molar-refractivity contribution in [3.05, 3.63) is 35.9 Å². The summed E-state index contributed by atoms with van der Waals surface area (Å²) in [4.78, 5) is 1.90. The van der Waals surface area contributed by atoms with Gasteiger partial charge < -0.3 is 19.8 Å². The molecule has 2 atom stereocenters. The number of aliphatic hydroxyl groups excluding tert-OH is 1. The summed E-state index contributed by atoms with van der Waals surface area (Å²) in [5, 5.41) is 20.1. The fraction of sp³-hybridized carbons (Fsp3) is 0.571. The molecule has 4 nitrogen and oxygen atoms in total. The third kappa shape index (κ3) is 4.74. The highest BCUT2D eigenvalue weighted by Gasteiger charge is 2.25. The van der Waals surface area contributed by atoms with E-state index in [2.05, 4.69) is 0 Å². The molecular weight excluding hydrogens is 230 g/mol. The molecule has 1 aromatic carbocycles. The maximum Gasteiger partial charge on any atom is 0.0994 e. The van der Waals surface area contributed by atoms with Crippen molar-refractivity contribution in [2.24, 2.45) is 0 Å². The standard InChI is InChI=1S/C14H23NO3/c1-14(17,12-7-5-4-6-8-12)11-15(2)9-13(16)10-18-3/h4-8,13,16-17H,9-11H2,1-3H3. The Hall–Kier alpha value is -0.940. The maximum atomic E-state index is 10.4. The Morgan fingerprint density at radius 3 is 2.50 bits per heavy atom. The highest BCUT2D eigenvalue weighted by atomic mass is 16.5. The van der Waals surface area contributed by atoms with Gasteiger partial charge in [0.25, 0.3) is 0 Å². The van der Waals surface area contributed by atoms with Crippen molar-refractivity contribution in [3.63, 3.8) is 0 Å². The molecule has 0 aromatic heterocycles. The van der Waals surface area contributed by atoms with Crippen molar-refractivity contribution in [2.45, 2.75) is 18.6 Å². The minimum absolute atomic E-state index is 0.303. The first kappa shape index (κ1) is 15.1. The molecule has 2 unspecified atom stereocenters. The lowest BCUT2D eigenvalue weighted by Gasteiger charge is -2.30. The highest BCUT2D eigenvalue weighted by Crippen LogP contribution is 2.20. The summed E-state index contributed by atoms with van der Waals surface area (Å²) in [5.74, 6) is 0. The largest absolute Gasteiger partial charge is 0.389 e. The monoisotopic (exact) mass is 253 g/mol. The summed E-state index contributed by atoms with van der Waals surface area (Å²) in [5.41, 5.74) is -0.0546. The zero-order valence-corrected chi connectivity index (χ0v) is 11.3. The summed E-state index contributed by atoms with van der Waals surface area (Å²) in [6.07, 6.45) is -0.536. The van der Waals surface area contributed by atoms with Gasteiger partial charge in [-0.1, -0.05) is 30.3 Å². The number of rotatable bonds is 7. The summed E-state index contributed by atoms with van der Waals surface area (Å²) in [6, 6.07) is 9.54. The third-order valence-corrected chi connectivity index (χ3v) is 2.85. The predicted octanol–water partition coefficient (Wildman–Crippen LogP) is 0.833. The average Bonchev–Trinajstić information content (AvgIpc) is 2.29. The van der Waals surface area contributed by atoms with Gasteiger partial charge in [-0.05, 0) is 19.5 Å². The van der Waals surface area contributed by atoms with E-state index in [-0.39, 0.29) is 0 Å². The molecule has 0 aliphatic carbocycles. The lowest BCUT2D eigenvalue weighted by atomic mass is 9.95. The van der Waals surface area contributed by atoms with Crippen molar-refractivity contribution in [1.29, 1.82) is 0 Å². The lowest BCUT2D eigenvalue weighted by Crippen LogP contribution is -2.41. The van der Waals surface area contributed by atoms with Crippen LogP contribution in [0, 0.1) is 0 Å². The van der Waals surface area contributed by atoms with E-state index in [0.29, 0.717) is 19.7 Å². The molecule has 0 radical (unpaired) electrons. The van der Waals surface area contributed by atoms with Gasteiger partial charge in [0.15, 0.2) is 0 Å².